The summed E-state index contributed by atoms with van der Waals surface area (Å²) in [7, 11) is -4.19. The van der Waals surface area contributed by atoms with Crippen LogP contribution in [-0.2, 0) is 9.84 Å². The molecule has 0 saturated heterocycles. The van der Waals surface area contributed by atoms with Crippen molar-refractivity contribution in [1.82, 2.24) is 0 Å². The van der Waals surface area contributed by atoms with Gasteiger partial charge in [0, 0.05) is 10.0 Å². The summed E-state index contributed by atoms with van der Waals surface area (Å²) in [5.74, 6) is -0.881. The number of rotatable bonds is 3. The van der Waals surface area contributed by atoms with Crippen LogP contribution in [-0.4, -0.2) is 24.0 Å². The second-order valence-corrected chi connectivity index (χ2v) is 6.75. The van der Waals surface area contributed by atoms with E-state index >= 15 is 0 Å². The summed E-state index contributed by atoms with van der Waals surface area (Å²) in [5, 5.41) is -0.916. The van der Waals surface area contributed by atoms with Crippen LogP contribution in [0.1, 0.15) is 10.4 Å². The molecule has 0 amide bonds. The van der Waals surface area contributed by atoms with Crippen molar-refractivity contribution in [2.45, 2.75) is 4.90 Å². The third-order valence-corrected chi connectivity index (χ3v) is 5.07. The van der Waals surface area contributed by atoms with Gasteiger partial charge in [0.15, 0.2) is 0 Å². The molecule has 0 saturated carbocycles. The zero-order valence-corrected chi connectivity index (χ0v) is 13.0. The Morgan fingerprint density at radius 1 is 1.00 bits per heavy atom. The molecule has 21 heavy (non-hydrogen) atoms. The van der Waals surface area contributed by atoms with Crippen LogP contribution in [0.2, 0.25) is 0 Å². The Morgan fingerprint density at radius 3 is 2.14 bits per heavy atom. The van der Waals surface area contributed by atoms with E-state index in [1.54, 1.807) is 24.3 Å². The van der Waals surface area contributed by atoms with Gasteiger partial charge >= 0.3 is 5.04 Å². The zero-order valence-electron chi connectivity index (χ0n) is 10.6. The number of hydrogen-bond acceptors (Lipinski definition) is 3. The first kappa shape index (κ1) is 15.3. The standard InChI is InChI=1S/C14H9BrN2O3S/c15-12-9-5-4-8-11(12)13(18)14(17-16)21(19,20)10-6-2-1-3-7-10/h1-9H. The van der Waals surface area contributed by atoms with Crippen LogP contribution in [0.4, 0.5) is 0 Å². The van der Waals surface area contributed by atoms with Gasteiger partial charge in [-0.2, -0.15) is 0 Å². The Bertz CT molecular complexity index is 842. The number of halogens is 1. The maximum atomic E-state index is 12.4. The summed E-state index contributed by atoms with van der Waals surface area (Å²) >= 11 is 3.17. The molecule has 0 bridgehead atoms. The normalized spacial score (nSPS) is 10.7. The SMILES string of the molecule is [N-]=[N+]=C(C(=O)c1ccccc1Br)S(=O)(=O)c1ccccc1. The number of Topliss-reactive ketones (excluding diaryl/α,β-unsaturated/α-hetero) is 1. The van der Waals surface area contributed by atoms with Gasteiger partial charge in [0.25, 0.3) is 15.6 Å². The molecular weight excluding hydrogens is 356 g/mol. The van der Waals surface area contributed by atoms with E-state index in [0.29, 0.717) is 4.47 Å². The Kier molecular flexibility index (Phi) is 4.47. The van der Waals surface area contributed by atoms with Gasteiger partial charge in [-0.1, -0.05) is 46.3 Å². The molecular formula is C14H9BrN2O3S. The molecule has 0 N–H and O–H groups in total. The van der Waals surface area contributed by atoms with Crippen molar-refractivity contribution in [2.75, 3.05) is 0 Å². The molecule has 0 unspecified atom stereocenters. The van der Waals surface area contributed by atoms with Gasteiger partial charge in [0.05, 0.1) is 4.90 Å². The molecule has 2 aromatic rings. The fourth-order valence-electron chi connectivity index (χ4n) is 1.69. The van der Waals surface area contributed by atoms with Crippen LogP contribution in [0.5, 0.6) is 0 Å². The molecule has 0 atom stereocenters. The first-order valence-electron chi connectivity index (χ1n) is 5.80. The van der Waals surface area contributed by atoms with Crippen LogP contribution in [0.25, 0.3) is 5.53 Å². The minimum atomic E-state index is -4.19. The monoisotopic (exact) mass is 364 g/mol. The highest BCUT2D eigenvalue weighted by molar-refractivity contribution is 9.10. The van der Waals surface area contributed by atoms with Crippen molar-refractivity contribution in [2.24, 2.45) is 0 Å². The number of carbonyl (C=O) groups is 1. The molecule has 2 rings (SSSR count). The Balaban J connectivity index is 2.54. The summed E-state index contributed by atoms with van der Waals surface area (Å²) in [4.78, 5) is 14.9. The van der Waals surface area contributed by atoms with Gasteiger partial charge in [-0.25, -0.2) is 8.42 Å². The molecule has 7 heteroatoms. The van der Waals surface area contributed by atoms with E-state index in [2.05, 4.69) is 20.7 Å². The highest BCUT2D eigenvalue weighted by Gasteiger charge is 2.38. The molecule has 5 nitrogen and oxygen atoms in total. The van der Waals surface area contributed by atoms with Crippen molar-refractivity contribution in [3.63, 3.8) is 0 Å². The molecule has 2 aromatic carbocycles. The fourth-order valence-corrected chi connectivity index (χ4v) is 3.36. The second-order valence-electron chi connectivity index (χ2n) is 4.03. The topological polar surface area (TPSA) is 87.6 Å². The van der Waals surface area contributed by atoms with Crippen LogP contribution in [0.3, 0.4) is 0 Å². The smallest absolute Gasteiger partial charge is 0.360 e. The largest absolute Gasteiger partial charge is 0.456 e. The van der Waals surface area contributed by atoms with Crippen LogP contribution in [0, 0.1) is 0 Å². The predicted octanol–water partition coefficient (Wildman–Crippen LogP) is 2.73. The summed E-state index contributed by atoms with van der Waals surface area (Å²) < 4.78 is 25.1. The molecule has 0 radical (unpaired) electrons. The Morgan fingerprint density at radius 2 is 1.57 bits per heavy atom. The molecule has 106 valence electrons. The zero-order chi connectivity index (χ0) is 15.5. The van der Waals surface area contributed by atoms with Gasteiger partial charge < -0.3 is 5.53 Å². The minimum absolute atomic E-state index is 0.102. The maximum absolute atomic E-state index is 12.4. The van der Waals surface area contributed by atoms with Crippen molar-refractivity contribution in [1.29, 1.82) is 0 Å². The van der Waals surface area contributed by atoms with Crippen molar-refractivity contribution in [3.8, 4) is 0 Å². The van der Waals surface area contributed by atoms with Gasteiger partial charge in [0.1, 0.15) is 0 Å². The maximum Gasteiger partial charge on any atom is 0.456 e. The quantitative estimate of drug-likeness (QED) is 0.275. The lowest BCUT2D eigenvalue weighted by atomic mass is 10.1. The van der Waals surface area contributed by atoms with E-state index in [-0.39, 0.29) is 10.5 Å². The average Bonchev–Trinajstić information content (AvgIpc) is 2.49. The van der Waals surface area contributed by atoms with Crippen LogP contribution in [0.15, 0.2) is 64.0 Å². The molecule has 0 spiro atoms. The molecule has 0 fully saturated rings. The Hall–Kier alpha value is -2.08. The third-order valence-electron chi connectivity index (χ3n) is 2.71. The van der Waals surface area contributed by atoms with Crippen molar-refractivity contribution < 1.29 is 18.0 Å². The lowest BCUT2D eigenvalue weighted by Crippen LogP contribution is -2.26. The third kappa shape index (κ3) is 3.00. The summed E-state index contributed by atoms with van der Waals surface area (Å²) in [6.07, 6.45) is 0. The van der Waals surface area contributed by atoms with E-state index in [0.717, 1.165) is 0 Å². The predicted molar refractivity (Wildman–Crippen MR) is 80.7 cm³/mol. The molecule has 0 aromatic heterocycles. The molecule has 0 aliphatic rings. The lowest BCUT2D eigenvalue weighted by molar-refractivity contribution is -0.00159. The highest BCUT2D eigenvalue weighted by Crippen LogP contribution is 2.20. The van der Waals surface area contributed by atoms with Gasteiger partial charge in [-0.15, -0.1) is 4.79 Å². The van der Waals surface area contributed by atoms with Crippen molar-refractivity contribution >= 4 is 36.6 Å². The van der Waals surface area contributed by atoms with Crippen LogP contribution >= 0.6 is 15.9 Å². The van der Waals surface area contributed by atoms with E-state index in [9.17, 15) is 13.2 Å². The molecule has 0 heterocycles. The van der Waals surface area contributed by atoms with Crippen LogP contribution < -0.4 is 0 Å². The lowest BCUT2D eigenvalue weighted by Gasteiger charge is -2.01. The number of ketones is 1. The average molecular weight is 365 g/mol. The molecule has 0 aliphatic carbocycles. The highest BCUT2D eigenvalue weighted by atomic mass is 79.9. The first-order valence-corrected chi connectivity index (χ1v) is 8.07. The number of benzene rings is 2. The van der Waals surface area contributed by atoms with Gasteiger partial charge in [-0.3, -0.25) is 4.79 Å². The number of hydrogen-bond donors (Lipinski definition) is 0. The summed E-state index contributed by atoms with van der Waals surface area (Å²) in [6.45, 7) is 0. The first-order chi connectivity index (χ1) is 9.98. The second kappa shape index (κ2) is 6.13. The number of sulfone groups is 1. The summed E-state index contributed by atoms with van der Waals surface area (Å²) in [5.41, 5.74) is 9.12. The van der Waals surface area contributed by atoms with E-state index in [4.69, 9.17) is 5.53 Å². The number of nitrogens with zero attached hydrogens (tertiary/aromatic N) is 2. The molecule has 0 aliphatic heterocycles. The van der Waals surface area contributed by atoms with E-state index < -0.39 is 20.7 Å². The van der Waals surface area contributed by atoms with E-state index in [1.807, 2.05) is 0 Å². The van der Waals surface area contributed by atoms with Gasteiger partial charge in [-0.05, 0) is 24.3 Å². The number of carbonyl (C=O) groups excluding carboxylic acids is 1. The fraction of sp³-hybridized carbons (Fsp3) is 0. The Labute approximate surface area is 129 Å². The van der Waals surface area contributed by atoms with Crippen molar-refractivity contribution in [3.05, 3.63) is 70.2 Å². The summed E-state index contributed by atoms with van der Waals surface area (Å²) in [6, 6.07) is 13.6. The minimum Gasteiger partial charge on any atom is -0.360 e. The van der Waals surface area contributed by atoms with E-state index in [1.165, 1.54) is 30.3 Å². The van der Waals surface area contributed by atoms with Gasteiger partial charge in [0.2, 0.25) is 0 Å².